The molecule has 2 N–H and O–H groups in total. The summed E-state index contributed by atoms with van der Waals surface area (Å²) in [5.41, 5.74) is -0.268. The Bertz CT molecular complexity index is 980. The third kappa shape index (κ3) is 4.04. The zero-order chi connectivity index (χ0) is 21.2. The van der Waals surface area contributed by atoms with Gasteiger partial charge >= 0.3 is 6.03 Å². The number of halogens is 1. The Morgan fingerprint density at radius 2 is 1.93 bits per heavy atom. The van der Waals surface area contributed by atoms with Crippen LogP contribution in [0.5, 0.6) is 11.5 Å². The molecule has 1 heterocycles. The molecule has 0 spiro atoms. The lowest BCUT2D eigenvalue weighted by molar-refractivity contribution is -0.133. The van der Waals surface area contributed by atoms with Crippen LogP contribution in [0.4, 0.5) is 10.5 Å². The Morgan fingerprint density at radius 1 is 1.17 bits per heavy atom. The topological polar surface area (TPSA) is 97.0 Å². The molecule has 0 aromatic heterocycles. The minimum atomic E-state index is -1.26. The largest absolute Gasteiger partial charge is 0.497 e. The molecule has 1 aliphatic rings. The third-order valence-electron chi connectivity index (χ3n) is 4.66. The molecule has 0 radical (unpaired) electrons. The first-order valence-electron chi connectivity index (χ1n) is 8.70. The van der Waals surface area contributed by atoms with Crippen molar-refractivity contribution < 1.29 is 23.9 Å². The number of carbonyl (C=O) groups excluding carboxylic acids is 3. The van der Waals surface area contributed by atoms with Crippen molar-refractivity contribution in [2.24, 2.45) is 0 Å². The summed E-state index contributed by atoms with van der Waals surface area (Å²) in [6, 6.07) is 11.4. The summed E-state index contributed by atoms with van der Waals surface area (Å²) in [5, 5.41) is 5.33. The number of methoxy groups -OCH3 is 2. The summed E-state index contributed by atoms with van der Waals surface area (Å²) in [7, 11) is 2.97. The number of hydrogen-bond donors (Lipinski definition) is 2. The fraction of sp³-hybridized carbons (Fsp3) is 0.250. The second-order valence-electron chi connectivity index (χ2n) is 6.57. The molecule has 2 aromatic rings. The Hall–Kier alpha value is -3.07. The first-order chi connectivity index (χ1) is 13.8. The van der Waals surface area contributed by atoms with Gasteiger partial charge in [-0.05, 0) is 36.8 Å². The van der Waals surface area contributed by atoms with Crippen molar-refractivity contribution in [3.63, 3.8) is 0 Å². The zero-order valence-electron chi connectivity index (χ0n) is 16.1. The predicted octanol–water partition coefficient (Wildman–Crippen LogP) is 2.87. The fourth-order valence-corrected chi connectivity index (χ4v) is 3.48. The lowest BCUT2D eigenvalue weighted by Crippen LogP contribution is -2.42. The van der Waals surface area contributed by atoms with Gasteiger partial charge in [-0.1, -0.05) is 28.1 Å². The van der Waals surface area contributed by atoms with E-state index in [1.807, 2.05) is 6.07 Å². The van der Waals surface area contributed by atoms with E-state index in [1.165, 1.54) is 14.2 Å². The van der Waals surface area contributed by atoms with Gasteiger partial charge in [0.1, 0.15) is 23.6 Å². The minimum Gasteiger partial charge on any atom is -0.497 e. The van der Waals surface area contributed by atoms with Crippen LogP contribution in [0.3, 0.4) is 0 Å². The maximum Gasteiger partial charge on any atom is 0.325 e. The number of nitrogens with zero attached hydrogens (tertiary/aromatic N) is 1. The first kappa shape index (κ1) is 20.7. The SMILES string of the molecule is COc1ccc(OC)c(NC(=O)CN2C(=O)N[C@@](C)(c3cccc(Br)c3)C2=O)c1. The van der Waals surface area contributed by atoms with E-state index in [9.17, 15) is 14.4 Å². The molecular weight excluding hydrogens is 442 g/mol. The predicted molar refractivity (Wildman–Crippen MR) is 110 cm³/mol. The van der Waals surface area contributed by atoms with E-state index in [1.54, 1.807) is 43.3 Å². The number of anilines is 1. The van der Waals surface area contributed by atoms with Crippen LogP contribution in [0.2, 0.25) is 0 Å². The molecule has 1 saturated heterocycles. The summed E-state index contributed by atoms with van der Waals surface area (Å²) < 4.78 is 11.2. The van der Waals surface area contributed by atoms with Gasteiger partial charge in [-0.2, -0.15) is 0 Å². The van der Waals surface area contributed by atoms with Crippen LogP contribution in [-0.4, -0.2) is 43.5 Å². The monoisotopic (exact) mass is 461 g/mol. The van der Waals surface area contributed by atoms with E-state index >= 15 is 0 Å². The lowest BCUT2D eigenvalue weighted by Gasteiger charge is -2.22. The van der Waals surface area contributed by atoms with Crippen molar-refractivity contribution >= 4 is 39.5 Å². The average Bonchev–Trinajstić information content (AvgIpc) is 2.92. The van der Waals surface area contributed by atoms with Crippen LogP contribution in [0.1, 0.15) is 12.5 Å². The van der Waals surface area contributed by atoms with E-state index in [0.717, 1.165) is 9.37 Å². The molecule has 0 saturated carbocycles. The molecule has 2 aromatic carbocycles. The summed E-state index contributed by atoms with van der Waals surface area (Å²) >= 11 is 3.36. The molecule has 9 heteroatoms. The molecule has 1 atom stereocenters. The Labute approximate surface area is 176 Å². The first-order valence-corrected chi connectivity index (χ1v) is 9.50. The minimum absolute atomic E-state index is 0.374. The summed E-state index contributed by atoms with van der Waals surface area (Å²) in [5.74, 6) is -0.0967. The maximum atomic E-state index is 13.0. The molecule has 0 bridgehead atoms. The Balaban J connectivity index is 1.78. The van der Waals surface area contributed by atoms with Crippen LogP contribution >= 0.6 is 15.9 Å². The van der Waals surface area contributed by atoms with Gasteiger partial charge in [0.15, 0.2) is 0 Å². The van der Waals surface area contributed by atoms with Crippen molar-refractivity contribution in [3.8, 4) is 11.5 Å². The van der Waals surface area contributed by atoms with Gasteiger partial charge in [-0.15, -0.1) is 0 Å². The standard InChI is InChI=1S/C20H20BrN3O5/c1-20(12-5-4-6-13(21)9-12)18(26)24(19(27)23-20)11-17(25)22-15-10-14(28-2)7-8-16(15)29-3/h4-10H,11H2,1-3H3,(H,22,25)(H,23,27)/t20-/m0/s1. The van der Waals surface area contributed by atoms with Crippen LogP contribution in [0.25, 0.3) is 0 Å². The van der Waals surface area contributed by atoms with E-state index in [-0.39, 0.29) is 0 Å². The average molecular weight is 462 g/mol. The van der Waals surface area contributed by atoms with Gasteiger partial charge in [0, 0.05) is 10.5 Å². The van der Waals surface area contributed by atoms with E-state index < -0.39 is 29.9 Å². The molecule has 0 aliphatic carbocycles. The molecule has 3 rings (SSSR count). The van der Waals surface area contributed by atoms with Crippen molar-refractivity contribution in [2.45, 2.75) is 12.5 Å². The number of nitrogens with one attached hydrogen (secondary N) is 2. The number of hydrogen-bond acceptors (Lipinski definition) is 5. The zero-order valence-corrected chi connectivity index (χ0v) is 17.7. The number of imide groups is 1. The van der Waals surface area contributed by atoms with E-state index in [0.29, 0.717) is 22.7 Å². The highest BCUT2D eigenvalue weighted by molar-refractivity contribution is 9.10. The number of carbonyl (C=O) groups is 3. The quantitative estimate of drug-likeness (QED) is 0.644. The Morgan fingerprint density at radius 3 is 2.59 bits per heavy atom. The number of benzene rings is 2. The second kappa shape index (κ2) is 8.12. The molecule has 152 valence electrons. The number of ether oxygens (including phenoxy) is 2. The smallest absolute Gasteiger partial charge is 0.325 e. The molecule has 4 amide bonds. The van der Waals surface area contributed by atoms with Gasteiger partial charge in [0.2, 0.25) is 5.91 Å². The van der Waals surface area contributed by atoms with E-state index in [2.05, 4.69) is 26.6 Å². The van der Waals surface area contributed by atoms with Gasteiger partial charge in [0.05, 0.1) is 19.9 Å². The summed E-state index contributed by atoms with van der Waals surface area (Å²) in [6.07, 6.45) is 0. The van der Waals surface area contributed by atoms with Crippen LogP contribution < -0.4 is 20.1 Å². The van der Waals surface area contributed by atoms with Crippen LogP contribution in [0, 0.1) is 0 Å². The summed E-state index contributed by atoms with van der Waals surface area (Å²) in [6.45, 7) is 1.17. The molecule has 1 aliphatic heterocycles. The van der Waals surface area contributed by atoms with Crippen molar-refractivity contribution in [1.29, 1.82) is 0 Å². The van der Waals surface area contributed by atoms with Gasteiger partial charge in [-0.3, -0.25) is 14.5 Å². The molecule has 0 unspecified atom stereocenters. The molecular formula is C20H20BrN3O5. The lowest BCUT2D eigenvalue weighted by atomic mass is 9.92. The normalized spacial score (nSPS) is 18.4. The van der Waals surface area contributed by atoms with Crippen molar-refractivity contribution in [3.05, 3.63) is 52.5 Å². The molecule has 8 nitrogen and oxygen atoms in total. The van der Waals surface area contributed by atoms with Crippen molar-refractivity contribution in [1.82, 2.24) is 10.2 Å². The van der Waals surface area contributed by atoms with Crippen molar-refractivity contribution in [2.75, 3.05) is 26.1 Å². The van der Waals surface area contributed by atoms with Gasteiger partial charge in [-0.25, -0.2) is 4.79 Å². The highest BCUT2D eigenvalue weighted by Crippen LogP contribution is 2.31. The number of amides is 4. The van der Waals surface area contributed by atoms with E-state index in [4.69, 9.17) is 9.47 Å². The van der Waals surface area contributed by atoms with Gasteiger partial charge < -0.3 is 20.1 Å². The third-order valence-corrected chi connectivity index (χ3v) is 5.15. The fourth-order valence-electron chi connectivity index (χ4n) is 3.08. The van der Waals surface area contributed by atoms with Crippen LogP contribution in [-0.2, 0) is 15.1 Å². The maximum absolute atomic E-state index is 13.0. The summed E-state index contributed by atoms with van der Waals surface area (Å²) in [4.78, 5) is 38.8. The highest BCUT2D eigenvalue weighted by Gasteiger charge is 2.49. The molecule has 1 fully saturated rings. The van der Waals surface area contributed by atoms with Crippen LogP contribution in [0.15, 0.2) is 46.9 Å². The van der Waals surface area contributed by atoms with Gasteiger partial charge in [0.25, 0.3) is 5.91 Å². The Kier molecular flexibility index (Phi) is 5.78. The highest BCUT2D eigenvalue weighted by atomic mass is 79.9. The molecule has 29 heavy (non-hydrogen) atoms. The second-order valence-corrected chi connectivity index (χ2v) is 7.49. The number of rotatable bonds is 6. The number of urea groups is 1.